The van der Waals surface area contributed by atoms with Crippen LogP contribution in [0.5, 0.6) is 5.88 Å². The van der Waals surface area contributed by atoms with Gasteiger partial charge >= 0.3 is 0 Å². The molecule has 0 unspecified atom stereocenters. The molecule has 1 aromatic heterocycles. The standard InChI is InChI=1S/C15H22N2O/c1-15(2,3)16-9-6-10-18-14-11-12-7-4-5-8-13(12)17-14/h4-5,7-8,11,16-17H,6,9-10H2,1-3H3. The number of para-hydroxylation sites is 1. The molecule has 3 heteroatoms. The van der Waals surface area contributed by atoms with Crippen LogP contribution in [0.15, 0.2) is 30.3 Å². The molecule has 2 rings (SSSR count). The summed E-state index contributed by atoms with van der Waals surface area (Å²) in [6.07, 6.45) is 1.01. The van der Waals surface area contributed by atoms with E-state index in [1.807, 2.05) is 18.2 Å². The van der Waals surface area contributed by atoms with Gasteiger partial charge in [0.15, 0.2) is 5.88 Å². The van der Waals surface area contributed by atoms with Crippen molar-refractivity contribution in [1.29, 1.82) is 0 Å². The van der Waals surface area contributed by atoms with Gasteiger partial charge < -0.3 is 15.0 Å². The van der Waals surface area contributed by atoms with E-state index in [-0.39, 0.29) is 5.54 Å². The van der Waals surface area contributed by atoms with Crippen molar-refractivity contribution in [3.63, 3.8) is 0 Å². The van der Waals surface area contributed by atoms with Crippen LogP contribution < -0.4 is 10.1 Å². The third-order valence-electron chi connectivity index (χ3n) is 2.74. The SMILES string of the molecule is CC(C)(C)NCCCOc1cc2ccccc2[nH]1. The van der Waals surface area contributed by atoms with Gasteiger partial charge in [-0.25, -0.2) is 0 Å². The first-order valence-corrected chi connectivity index (χ1v) is 6.50. The fourth-order valence-corrected chi connectivity index (χ4v) is 1.84. The second-order valence-corrected chi connectivity index (χ2v) is 5.60. The lowest BCUT2D eigenvalue weighted by atomic mass is 10.1. The quantitative estimate of drug-likeness (QED) is 0.794. The van der Waals surface area contributed by atoms with Gasteiger partial charge in [-0.05, 0) is 39.8 Å². The lowest BCUT2D eigenvalue weighted by molar-refractivity contribution is 0.290. The molecule has 0 amide bonds. The van der Waals surface area contributed by atoms with E-state index >= 15 is 0 Å². The average molecular weight is 246 g/mol. The van der Waals surface area contributed by atoms with E-state index < -0.39 is 0 Å². The van der Waals surface area contributed by atoms with Crippen LogP contribution in [0.3, 0.4) is 0 Å². The maximum atomic E-state index is 5.71. The number of H-pyrrole nitrogens is 1. The third-order valence-corrected chi connectivity index (χ3v) is 2.74. The van der Waals surface area contributed by atoms with Crippen LogP contribution in [-0.4, -0.2) is 23.7 Å². The molecule has 0 aliphatic carbocycles. The van der Waals surface area contributed by atoms with Gasteiger partial charge in [0.1, 0.15) is 0 Å². The molecule has 0 saturated heterocycles. The maximum absolute atomic E-state index is 5.71. The molecule has 0 spiro atoms. The van der Waals surface area contributed by atoms with Gasteiger partial charge in [-0.1, -0.05) is 18.2 Å². The summed E-state index contributed by atoms with van der Waals surface area (Å²) < 4.78 is 5.71. The molecule has 0 aliphatic heterocycles. The number of hydrogen-bond donors (Lipinski definition) is 2. The number of benzene rings is 1. The zero-order valence-electron chi connectivity index (χ0n) is 11.4. The smallest absolute Gasteiger partial charge is 0.191 e. The van der Waals surface area contributed by atoms with Gasteiger partial charge in [-0.3, -0.25) is 0 Å². The van der Waals surface area contributed by atoms with Crippen LogP contribution in [-0.2, 0) is 0 Å². The number of nitrogens with one attached hydrogen (secondary N) is 2. The van der Waals surface area contributed by atoms with Gasteiger partial charge in [0.05, 0.1) is 6.61 Å². The molecule has 0 fully saturated rings. The van der Waals surface area contributed by atoms with Gasteiger partial charge in [0.25, 0.3) is 0 Å². The molecule has 0 saturated carbocycles. The summed E-state index contributed by atoms with van der Waals surface area (Å²) in [6, 6.07) is 10.2. The monoisotopic (exact) mass is 246 g/mol. The highest BCUT2D eigenvalue weighted by atomic mass is 16.5. The Kier molecular flexibility index (Phi) is 3.92. The molecule has 18 heavy (non-hydrogen) atoms. The van der Waals surface area contributed by atoms with Gasteiger partial charge in [-0.15, -0.1) is 0 Å². The highest BCUT2D eigenvalue weighted by Crippen LogP contribution is 2.19. The second kappa shape index (κ2) is 5.44. The topological polar surface area (TPSA) is 37.0 Å². The number of aromatic amines is 1. The van der Waals surface area contributed by atoms with E-state index in [9.17, 15) is 0 Å². The third kappa shape index (κ3) is 3.77. The van der Waals surface area contributed by atoms with Crippen LogP contribution in [0.25, 0.3) is 10.9 Å². The first-order chi connectivity index (χ1) is 8.54. The minimum absolute atomic E-state index is 0.182. The van der Waals surface area contributed by atoms with Crippen molar-refractivity contribution < 1.29 is 4.74 Å². The van der Waals surface area contributed by atoms with Crippen molar-refractivity contribution in [2.75, 3.05) is 13.2 Å². The predicted octanol–water partition coefficient (Wildman–Crippen LogP) is 3.32. The summed E-state index contributed by atoms with van der Waals surface area (Å²) in [5.41, 5.74) is 1.31. The Morgan fingerprint density at radius 3 is 2.72 bits per heavy atom. The summed E-state index contributed by atoms with van der Waals surface area (Å²) in [7, 11) is 0. The van der Waals surface area contributed by atoms with Crippen molar-refractivity contribution in [2.45, 2.75) is 32.7 Å². The van der Waals surface area contributed by atoms with Crippen molar-refractivity contribution in [2.24, 2.45) is 0 Å². The molecule has 98 valence electrons. The first kappa shape index (κ1) is 13.0. The Hall–Kier alpha value is -1.48. The van der Waals surface area contributed by atoms with Crippen molar-refractivity contribution >= 4 is 10.9 Å². The molecule has 3 nitrogen and oxygen atoms in total. The fourth-order valence-electron chi connectivity index (χ4n) is 1.84. The van der Waals surface area contributed by atoms with E-state index in [1.54, 1.807) is 0 Å². The number of ether oxygens (including phenoxy) is 1. The Morgan fingerprint density at radius 1 is 1.22 bits per heavy atom. The Morgan fingerprint density at radius 2 is 2.00 bits per heavy atom. The number of aromatic nitrogens is 1. The fraction of sp³-hybridized carbons (Fsp3) is 0.467. The summed E-state index contributed by atoms with van der Waals surface area (Å²) in [5.74, 6) is 0.854. The molecule has 1 heterocycles. The average Bonchev–Trinajstić information content (AvgIpc) is 2.69. The maximum Gasteiger partial charge on any atom is 0.191 e. The van der Waals surface area contributed by atoms with E-state index in [0.29, 0.717) is 0 Å². The number of hydrogen-bond acceptors (Lipinski definition) is 2. The van der Waals surface area contributed by atoms with E-state index in [2.05, 4.69) is 43.2 Å². The van der Waals surface area contributed by atoms with Crippen molar-refractivity contribution in [1.82, 2.24) is 10.3 Å². The van der Waals surface area contributed by atoms with Crippen LogP contribution >= 0.6 is 0 Å². The van der Waals surface area contributed by atoms with Crippen LogP contribution in [0, 0.1) is 0 Å². The molecule has 2 aromatic rings. The Bertz CT molecular complexity index is 463. The first-order valence-electron chi connectivity index (χ1n) is 6.50. The predicted molar refractivity (Wildman–Crippen MR) is 76.2 cm³/mol. The molecule has 0 bridgehead atoms. The Balaban J connectivity index is 1.77. The van der Waals surface area contributed by atoms with E-state index in [0.717, 1.165) is 31.0 Å². The molecular formula is C15H22N2O. The minimum atomic E-state index is 0.182. The van der Waals surface area contributed by atoms with Crippen molar-refractivity contribution in [3.05, 3.63) is 30.3 Å². The molecule has 0 atom stereocenters. The van der Waals surface area contributed by atoms with Crippen LogP contribution in [0.1, 0.15) is 27.2 Å². The van der Waals surface area contributed by atoms with Crippen LogP contribution in [0.4, 0.5) is 0 Å². The van der Waals surface area contributed by atoms with Crippen molar-refractivity contribution in [3.8, 4) is 5.88 Å². The zero-order valence-corrected chi connectivity index (χ0v) is 11.4. The minimum Gasteiger partial charge on any atom is -0.479 e. The molecule has 2 N–H and O–H groups in total. The van der Waals surface area contributed by atoms with E-state index in [4.69, 9.17) is 4.74 Å². The highest BCUT2D eigenvalue weighted by molar-refractivity contribution is 5.81. The summed E-state index contributed by atoms with van der Waals surface area (Å²) in [6.45, 7) is 8.22. The Labute approximate surface area is 109 Å². The molecule has 1 aromatic carbocycles. The highest BCUT2D eigenvalue weighted by Gasteiger charge is 2.07. The number of rotatable bonds is 5. The van der Waals surface area contributed by atoms with Gasteiger partial charge in [0, 0.05) is 22.5 Å². The molecule has 0 aliphatic rings. The summed E-state index contributed by atoms with van der Waals surface area (Å²) >= 11 is 0. The molecule has 0 radical (unpaired) electrons. The molecular weight excluding hydrogens is 224 g/mol. The second-order valence-electron chi connectivity index (χ2n) is 5.60. The number of fused-ring (bicyclic) bond motifs is 1. The lowest BCUT2D eigenvalue weighted by Crippen LogP contribution is -2.36. The largest absolute Gasteiger partial charge is 0.479 e. The van der Waals surface area contributed by atoms with Crippen LogP contribution in [0.2, 0.25) is 0 Å². The van der Waals surface area contributed by atoms with Gasteiger partial charge in [0.2, 0.25) is 0 Å². The lowest BCUT2D eigenvalue weighted by Gasteiger charge is -2.20. The zero-order chi connectivity index (χ0) is 13.0. The van der Waals surface area contributed by atoms with Gasteiger partial charge in [-0.2, -0.15) is 0 Å². The summed E-state index contributed by atoms with van der Waals surface area (Å²) in [4.78, 5) is 3.26. The van der Waals surface area contributed by atoms with E-state index in [1.165, 1.54) is 5.39 Å². The summed E-state index contributed by atoms with van der Waals surface area (Å²) in [5, 5.41) is 4.64. The normalized spacial score (nSPS) is 11.9.